The monoisotopic (exact) mass is 389 g/mol. The molecular formula is C12H9Br2NO4. The second kappa shape index (κ2) is 5.34. The molecule has 0 atom stereocenters. The van der Waals surface area contributed by atoms with E-state index in [0.717, 1.165) is 4.47 Å². The second-order valence-electron chi connectivity index (χ2n) is 3.94. The number of rotatable bonds is 3. The van der Waals surface area contributed by atoms with Gasteiger partial charge in [0.2, 0.25) is 5.76 Å². The van der Waals surface area contributed by atoms with Crippen molar-refractivity contribution in [2.45, 2.75) is 13.5 Å². The number of hydrogen-bond donors (Lipinski definition) is 1. The normalized spacial score (nSPS) is 10.7. The average molecular weight is 391 g/mol. The van der Waals surface area contributed by atoms with Crippen LogP contribution in [0.1, 0.15) is 21.9 Å². The molecule has 5 nitrogen and oxygen atoms in total. The zero-order valence-corrected chi connectivity index (χ0v) is 13.0. The van der Waals surface area contributed by atoms with Gasteiger partial charge in [-0.1, -0.05) is 0 Å². The summed E-state index contributed by atoms with van der Waals surface area (Å²) in [5.41, 5.74) is 0.463. The summed E-state index contributed by atoms with van der Waals surface area (Å²) in [6.45, 7) is 1.92. The summed E-state index contributed by atoms with van der Waals surface area (Å²) in [5.74, 6) is -0.771. The van der Waals surface area contributed by atoms with Gasteiger partial charge in [0.25, 0.3) is 5.56 Å². The number of carbonyl (C=O) groups is 1. The van der Waals surface area contributed by atoms with Crippen molar-refractivity contribution in [3.8, 4) is 0 Å². The Labute approximate surface area is 125 Å². The van der Waals surface area contributed by atoms with Crippen molar-refractivity contribution in [1.29, 1.82) is 0 Å². The van der Waals surface area contributed by atoms with Crippen LogP contribution in [0, 0.1) is 6.92 Å². The molecular weight excluding hydrogens is 382 g/mol. The van der Waals surface area contributed by atoms with Crippen LogP contribution in [0.3, 0.4) is 0 Å². The molecule has 0 saturated heterocycles. The molecule has 2 aromatic rings. The van der Waals surface area contributed by atoms with Crippen LogP contribution in [0.15, 0.2) is 36.5 Å². The van der Waals surface area contributed by atoms with Gasteiger partial charge in [-0.15, -0.1) is 0 Å². The van der Waals surface area contributed by atoms with E-state index < -0.39 is 5.97 Å². The third-order valence-electron chi connectivity index (χ3n) is 2.58. The van der Waals surface area contributed by atoms with Gasteiger partial charge in [-0.2, -0.15) is 0 Å². The Morgan fingerprint density at radius 3 is 2.68 bits per heavy atom. The smallest absolute Gasteiger partial charge is 0.371 e. The Morgan fingerprint density at radius 1 is 1.42 bits per heavy atom. The van der Waals surface area contributed by atoms with Crippen molar-refractivity contribution in [3.05, 3.63) is 54.7 Å². The van der Waals surface area contributed by atoms with Gasteiger partial charge in [0.15, 0.2) is 0 Å². The molecule has 7 heteroatoms. The summed E-state index contributed by atoms with van der Waals surface area (Å²) >= 11 is 6.48. The fraction of sp³-hybridized carbons (Fsp3) is 0.167. The molecule has 2 aromatic heterocycles. The molecule has 100 valence electrons. The van der Waals surface area contributed by atoms with Crippen molar-refractivity contribution in [2.24, 2.45) is 0 Å². The molecule has 0 fully saturated rings. The Kier molecular flexibility index (Phi) is 3.96. The van der Waals surface area contributed by atoms with Crippen molar-refractivity contribution < 1.29 is 14.3 Å². The number of carboxylic acid groups (broad SMARTS) is 1. The predicted octanol–water partition coefficient (Wildman–Crippen LogP) is 3.02. The Balaban J connectivity index is 2.42. The minimum Gasteiger partial charge on any atom is -0.475 e. The van der Waals surface area contributed by atoms with E-state index >= 15 is 0 Å². The molecule has 2 rings (SSSR count). The van der Waals surface area contributed by atoms with Gasteiger partial charge in [-0.25, -0.2) is 4.79 Å². The number of hydrogen-bond acceptors (Lipinski definition) is 3. The van der Waals surface area contributed by atoms with E-state index in [0.29, 0.717) is 15.8 Å². The van der Waals surface area contributed by atoms with Gasteiger partial charge in [0, 0.05) is 16.2 Å². The molecule has 1 N–H and O–H groups in total. The van der Waals surface area contributed by atoms with Crippen LogP contribution < -0.4 is 5.56 Å². The molecule has 19 heavy (non-hydrogen) atoms. The highest BCUT2D eigenvalue weighted by Gasteiger charge is 2.14. The summed E-state index contributed by atoms with van der Waals surface area (Å²) in [6, 6.07) is 3.09. The minimum absolute atomic E-state index is 0.130. The first kappa shape index (κ1) is 14.1. The van der Waals surface area contributed by atoms with Gasteiger partial charge in [0.05, 0.1) is 11.0 Å². The van der Waals surface area contributed by atoms with Crippen LogP contribution in [0.5, 0.6) is 0 Å². The first-order valence-electron chi connectivity index (χ1n) is 5.26. The SMILES string of the molecule is Cc1oc(C(=O)O)cc1Cn1cc(Br)cc(Br)c1=O. The fourth-order valence-electron chi connectivity index (χ4n) is 1.65. The lowest BCUT2D eigenvalue weighted by molar-refractivity contribution is 0.0661. The first-order chi connectivity index (χ1) is 8.88. The van der Waals surface area contributed by atoms with Gasteiger partial charge >= 0.3 is 5.97 Å². The number of pyridine rings is 1. The molecule has 2 heterocycles. The van der Waals surface area contributed by atoms with E-state index in [-0.39, 0.29) is 17.9 Å². The van der Waals surface area contributed by atoms with E-state index in [4.69, 9.17) is 9.52 Å². The summed E-state index contributed by atoms with van der Waals surface area (Å²) in [5, 5.41) is 8.85. The highest BCUT2D eigenvalue weighted by Crippen LogP contribution is 2.18. The summed E-state index contributed by atoms with van der Waals surface area (Å²) in [7, 11) is 0. The molecule has 0 spiro atoms. The number of furan rings is 1. The summed E-state index contributed by atoms with van der Waals surface area (Å²) in [4.78, 5) is 22.7. The molecule has 0 aliphatic rings. The van der Waals surface area contributed by atoms with Crippen LogP contribution >= 0.6 is 31.9 Å². The van der Waals surface area contributed by atoms with Crippen molar-refractivity contribution in [1.82, 2.24) is 4.57 Å². The predicted molar refractivity (Wildman–Crippen MR) is 75.6 cm³/mol. The number of nitrogens with zero attached hydrogens (tertiary/aromatic N) is 1. The zero-order chi connectivity index (χ0) is 14.2. The standard InChI is InChI=1S/C12H9Br2NO4/c1-6-7(2-10(19-6)12(17)18)4-15-5-8(13)3-9(14)11(15)16/h2-3,5H,4H2,1H3,(H,17,18). The van der Waals surface area contributed by atoms with Gasteiger partial charge < -0.3 is 14.1 Å². The van der Waals surface area contributed by atoms with E-state index in [1.807, 2.05) is 0 Å². The number of aromatic carboxylic acids is 1. The third-order valence-corrected chi connectivity index (χ3v) is 3.58. The Morgan fingerprint density at radius 2 is 2.11 bits per heavy atom. The maximum Gasteiger partial charge on any atom is 0.371 e. The number of aromatic nitrogens is 1. The molecule has 0 bridgehead atoms. The Hall–Kier alpha value is -1.34. The first-order valence-corrected chi connectivity index (χ1v) is 6.85. The molecule has 0 radical (unpaired) electrons. The van der Waals surface area contributed by atoms with Gasteiger partial charge in [-0.3, -0.25) is 4.79 Å². The highest BCUT2D eigenvalue weighted by molar-refractivity contribution is 9.11. The molecule has 0 aliphatic heterocycles. The topological polar surface area (TPSA) is 72.4 Å². The average Bonchev–Trinajstić information content (AvgIpc) is 2.67. The molecule has 0 aromatic carbocycles. The molecule has 0 unspecified atom stereocenters. The van der Waals surface area contributed by atoms with Crippen LogP contribution in [0.4, 0.5) is 0 Å². The number of aryl methyl sites for hydroxylation is 1. The highest BCUT2D eigenvalue weighted by atomic mass is 79.9. The molecule has 0 amide bonds. The fourth-order valence-corrected chi connectivity index (χ4v) is 2.91. The largest absolute Gasteiger partial charge is 0.475 e. The third kappa shape index (κ3) is 2.98. The van der Waals surface area contributed by atoms with Gasteiger partial charge in [-0.05, 0) is 50.9 Å². The summed E-state index contributed by atoms with van der Waals surface area (Å²) < 4.78 is 7.76. The Bertz CT molecular complexity index is 702. The molecule has 0 aliphatic carbocycles. The second-order valence-corrected chi connectivity index (χ2v) is 5.71. The number of halogens is 2. The maximum absolute atomic E-state index is 11.9. The van der Waals surface area contributed by atoms with E-state index in [2.05, 4.69) is 31.9 Å². The van der Waals surface area contributed by atoms with E-state index in [1.54, 1.807) is 19.2 Å². The quantitative estimate of drug-likeness (QED) is 0.874. The van der Waals surface area contributed by atoms with Crippen molar-refractivity contribution >= 4 is 37.8 Å². The van der Waals surface area contributed by atoms with Crippen molar-refractivity contribution in [2.75, 3.05) is 0 Å². The summed E-state index contributed by atoms with van der Waals surface area (Å²) in [6.07, 6.45) is 1.64. The van der Waals surface area contributed by atoms with Crippen LogP contribution in [-0.4, -0.2) is 15.6 Å². The van der Waals surface area contributed by atoms with Crippen LogP contribution in [-0.2, 0) is 6.54 Å². The van der Waals surface area contributed by atoms with Crippen molar-refractivity contribution in [3.63, 3.8) is 0 Å². The lowest BCUT2D eigenvalue weighted by Crippen LogP contribution is -2.20. The maximum atomic E-state index is 11.9. The number of carboxylic acids is 1. The van der Waals surface area contributed by atoms with Crippen LogP contribution in [0.25, 0.3) is 0 Å². The van der Waals surface area contributed by atoms with Gasteiger partial charge in [0.1, 0.15) is 5.76 Å². The zero-order valence-electron chi connectivity index (χ0n) is 9.81. The van der Waals surface area contributed by atoms with E-state index in [9.17, 15) is 9.59 Å². The van der Waals surface area contributed by atoms with E-state index in [1.165, 1.54) is 10.6 Å². The van der Waals surface area contributed by atoms with Crippen LogP contribution in [0.2, 0.25) is 0 Å². The lowest BCUT2D eigenvalue weighted by atomic mass is 10.2. The minimum atomic E-state index is -1.13. The lowest BCUT2D eigenvalue weighted by Gasteiger charge is -2.06. The molecule has 0 saturated carbocycles.